The van der Waals surface area contributed by atoms with Gasteiger partial charge in [0.05, 0.1) is 13.2 Å². The first-order valence-corrected chi connectivity index (χ1v) is 5.58. The average molecular weight is 210 g/mol. The van der Waals surface area contributed by atoms with Crippen molar-refractivity contribution >= 4 is 5.97 Å². The molecule has 0 aromatic heterocycles. The van der Waals surface area contributed by atoms with Crippen LogP contribution >= 0.6 is 0 Å². The lowest BCUT2D eigenvalue weighted by Gasteiger charge is -2.40. The molecule has 0 radical (unpaired) electrons. The highest BCUT2D eigenvalue weighted by molar-refractivity contribution is 5.90. The van der Waals surface area contributed by atoms with Crippen LogP contribution in [-0.2, 0) is 9.53 Å². The van der Waals surface area contributed by atoms with Crippen molar-refractivity contribution in [1.29, 1.82) is 0 Å². The third-order valence-corrected chi connectivity index (χ3v) is 3.87. The Kier molecular flexibility index (Phi) is 2.59. The molecule has 3 nitrogen and oxygen atoms in total. The summed E-state index contributed by atoms with van der Waals surface area (Å²) in [4.78, 5) is 11.7. The maximum atomic E-state index is 11.7. The minimum absolute atomic E-state index is 0.0331. The van der Waals surface area contributed by atoms with Crippen LogP contribution in [0.15, 0.2) is 11.6 Å². The lowest BCUT2D eigenvalue weighted by Crippen LogP contribution is -2.38. The molecular formula is C12H18O3. The number of hydrogen-bond acceptors (Lipinski definition) is 3. The predicted octanol–water partition coefficient (Wildman–Crippen LogP) is 1.51. The van der Waals surface area contributed by atoms with E-state index in [1.807, 2.05) is 13.0 Å². The molecule has 0 spiro atoms. The lowest BCUT2D eigenvalue weighted by atomic mass is 9.64. The average Bonchev–Trinajstić information content (AvgIpc) is 2.27. The molecule has 3 heteroatoms. The molecule has 1 heterocycles. The normalized spacial score (nSPS) is 40.5. The van der Waals surface area contributed by atoms with Gasteiger partial charge in [0.2, 0.25) is 0 Å². The van der Waals surface area contributed by atoms with Gasteiger partial charge in [0.25, 0.3) is 0 Å². The van der Waals surface area contributed by atoms with Gasteiger partial charge < -0.3 is 9.84 Å². The Morgan fingerprint density at radius 3 is 3.07 bits per heavy atom. The Morgan fingerprint density at radius 1 is 1.67 bits per heavy atom. The van der Waals surface area contributed by atoms with Crippen molar-refractivity contribution < 1.29 is 14.6 Å². The zero-order valence-electron chi connectivity index (χ0n) is 9.32. The van der Waals surface area contributed by atoms with Crippen LogP contribution in [0, 0.1) is 17.3 Å². The van der Waals surface area contributed by atoms with Crippen molar-refractivity contribution in [1.82, 2.24) is 0 Å². The number of carbonyl (C=O) groups is 1. The standard InChI is InChI=1S/C12H18O3/c1-8-5-9-3-4-15-11(14)10(6-8)12(9,2)7-13/h6,8-9,13H,3-5,7H2,1-2H3/t8-,9?,12+/m0/s1. The fourth-order valence-electron chi connectivity index (χ4n) is 2.80. The summed E-state index contributed by atoms with van der Waals surface area (Å²) in [5.41, 5.74) is 0.298. The quantitative estimate of drug-likeness (QED) is 0.667. The van der Waals surface area contributed by atoms with Crippen LogP contribution < -0.4 is 0 Å². The zero-order valence-corrected chi connectivity index (χ0v) is 9.32. The van der Waals surface area contributed by atoms with Crippen molar-refractivity contribution in [2.75, 3.05) is 13.2 Å². The molecule has 1 saturated heterocycles. The topological polar surface area (TPSA) is 46.5 Å². The number of hydrogen-bond donors (Lipinski definition) is 1. The number of cyclic esters (lactones) is 1. The Hall–Kier alpha value is -0.830. The van der Waals surface area contributed by atoms with E-state index in [0.29, 0.717) is 24.0 Å². The van der Waals surface area contributed by atoms with E-state index in [-0.39, 0.29) is 18.0 Å². The van der Waals surface area contributed by atoms with E-state index in [2.05, 4.69) is 6.92 Å². The fourth-order valence-corrected chi connectivity index (χ4v) is 2.80. The summed E-state index contributed by atoms with van der Waals surface area (Å²) in [6.07, 6.45) is 3.88. The molecule has 15 heavy (non-hydrogen) atoms. The third kappa shape index (κ3) is 1.59. The van der Waals surface area contributed by atoms with Crippen molar-refractivity contribution in [3.8, 4) is 0 Å². The second kappa shape index (κ2) is 3.63. The van der Waals surface area contributed by atoms with E-state index in [4.69, 9.17) is 4.74 Å². The van der Waals surface area contributed by atoms with E-state index in [1.165, 1.54) is 0 Å². The van der Waals surface area contributed by atoms with Gasteiger partial charge in [-0.1, -0.05) is 19.9 Å². The second-order valence-electron chi connectivity index (χ2n) is 4.99. The van der Waals surface area contributed by atoms with Gasteiger partial charge in [-0.15, -0.1) is 0 Å². The Labute approximate surface area is 90.1 Å². The fraction of sp³-hybridized carbons (Fsp3) is 0.750. The molecule has 0 aromatic carbocycles. The minimum atomic E-state index is -0.389. The summed E-state index contributed by atoms with van der Waals surface area (Å²) in [5, 5.41) is 9.54. The highest BCUT2D eigenvalue weighted by atomic mass is 16.5. The van der Waals surface area contributed by atoms with Gasteiger partial charge in [-0.2, -0.15) is 0 Å². The number of rotatable bonds is 1. The van der Waals surface area contributed by atoms with Crippen LogP contribution in [0.1, 0.15) is 26.7 Å². The number of esters is 1. The van der Waals surface area contributed by atoms with Crippen LogP contribution in [-0.4, -0.2) is 24.3 Å². The van der Waals surface area contributed by atoms with E-state index < -0.39 is 0 Å². The number of aliphatic hydroxyl groups is 1. The molecule has 1 aliphatic heterocycles. The van der Waals surface area contributed by atoms with E-state index in [0.717, 1.165) is 12.8 Å². The van der Waals surface area contributed by atoms with Crippen LogP contribution in [0.4, 0.5) is 0 Å². The summed E-state index contributed by atoms with van der Waals surface area (Å²) < 4.78 is 5.14. The number of aliphatic hydroxyl groups excluding tert-OH is 1. The Bertz CT molecular complexity index is 308. The molecule has 2 bridgehead atoms. The monoisotopic (exact) mass is 210 g/mol. The summed E-state index contributed by atoms with van der Waals surface area (Å²) >= 11 is 0. The molecule has 1 aliphatic carbocycles. The third-order valence-electron chi connectivity index (χ3n) is 3.87. The van der Waals surface area contributed by atoms with Crippen LogP contribution in [0.3, 0.4) is 0 Å². The zero-order chi connectivity index (χ0) is 11.1. The Morgan fingerprint density at radius 2 is 2.40 bits per heavy atom. The molecule has 2 aliphatic rings. The van der Waals surface area contributed by atoms with Crippen LogP contribution in [0.25, 0.3) is 0 Å². The van der Waals surface area contributed by atoms with Gasteiger partial charge in [0, 0.05) is 11.0 Å². The van der Waals surface area contributed by atoms with E-state index >= 15 is 0 Å². The predicted molar refractivity (Wildman–Crippen MR) is 56.1 cm³/mol. The first-order chi connectivity index (χ1) is 7.08. The lowest BCUT2D eigenvalue weighted by molar-refractivity contribution is -0.139. The number of carbonyl (C=O) groups excluding carboxylic acids is 1. The molecule has 1 fully saturated rings. The highest BCUT2D eigenvalue weighted by Crippen LogP contribution is 2.47. The van der Waals surface area contributed by atoms with Gasteiger partial charge >= 0.3 is 5.97 Å². The molecule has 2 rings (SSSR count). The van der Waals surface area contributed by atoms with Crippen molar-refractivity contribution in [2.45, 2.75) is 26.7 Å². The van der Waals surface area contributed by atoms with Gasteiger partial charge in [0.1, 0.15) is 0 Å². The largest absolute Gasteiger partial charge is 0.462 e. The molecule has 3 atom stereocenters. The van der Waals surface area contributed by atoms with Crippen LogP contribution in [0.5, 0.6) is 0 Å². The van der Waals surface area contributed by atoms with E-state index in [1.54, 1.807) is 0 Å². The van der Waals surface area contributed by atoms with Gasteiger partial charge in [0.15, 0.2) is 0 Å². The maximum Gasteiger partial charge on any atom is 0.334 e. The number of allylic oxidation sites excluding steroid dienone is 1. The van der Waals surface area contributed by atoms with Crippen molar-refractivity contribution in [3.05, 3.63) is 11.6 Å². The molecule has 0 saturated carbocycles. The van der Waals surface area contributed by atoms with Crippen molar-refractivity contribution in [2.24, 2.45) is 17.3 Å². The minimum Gasteiger partial charge on any atom is -0.462 e. The molecule has 84 valence electrons. The summed E-state index contributed by atoms with van der Waals surface area (Å²) in [6.45, 7) is 4.61. The maximum absolute atomic E-state index is 11.7. The molecule has 0 amide bonds. The SMILES string of the molecule is C[C@@H]1C=C2C(=O)OCCC(C1)[C@@]2(C)CO. The first-order valence-electron chi connectivity index (χ1n) is 5.58. The Balaban J connectivity index is 2.46. The van der Waals surface area contributed by atoms with Gasteiger partial charge in [-0.25, -0.2) is 4.79 Å². The number of ether oxygens (including phenoxy) is 1. The van der Waals surface area contributed by atoms with Gasteiger partial charge in [-0.3, -0.25) is 0 Å². The summed E-state index contributed by atoms with van der Waals surface area (Å²) in [7, 11) is 0. The second-order valence-corrected chi connectivity index (χ2v) is 4.99. The van der Waals surface area contributed by atoms with Gasteiger partial charge in [-0.05, 0) is 24.7 Å². The molecular weight excluding hydrogens is 192 g/mol. The molecule has 1 unspecified atom stereocenters. The highest BCUT2D eigenvalue weighted by Gasteiger charge is 2.45. The molecule has 1 N–H and O–H groups in total. The van der Waals surface area contributed by atoms with Crippen molar-refractivity contribution in [3.63, 3.8) is 0 Å². The smallest absolute Gasteiger partial charge is 0.334 e. The van der Waals surface area contributed by atoms with Crippen LogP contribution in [0.2, 0.25) is 0 Å². The summed E-state index contributed by atoms with van der Waals surface area (Å²) in [5.74, 6) is 0.542. The van der Waals surface area contributed by atoms with E-state index in [9.17, 15) is 9.90 Å². The first kappa shape index (κ1) is 10.7. The number of fused-ring (bicyclic) bond motifs is 2. The molecule has 0 aromatic rings. The summed E-state index contributed by atoms with van der Waals surface area (Å²) in [6, 6.07) is 0.